The highest BCUT2D eigenvalue weighted by atomic mass is 35.5. The fraction of sp³-hybridized carbons (Fsp3) is 0.238. The Morgan fingerprint density at radius 2 is 1.83 bits per heavy atom. The van der Waals surface area contributed by atoms with E-state index in [1.807, 2.05) is 18.2 Å². The predicted octanol–water partition coefficient (Wildman–Crippen LogP) is 4.66. The predicted molar refractivity (Wildman–Crippen MR) is 120 cm³/mol. The van der Waals surface area contributed by atoms with Gasteiger partial charge in [0.2, 0.25) is 5.17 Å². The molecule has 0 saturated carbocycles. The van der Waals surface area contributed by atoms with Crippen LogP contribution in [0.3, 0.4) is 0 Å². The van der Waals surface area contributed by atoms with Crippen molar-refractivity contribution in [2.75, 3.05) is 13.1 Å². The third-order valence-corrected chi connectivity index (χ3v) is 6.33. The van der Waals surface area contributed by atoms with Crippen LogP contribution in [-0.4, -0.2) is 45.1 Å². The molecule has 5 rings (SSSR count). The lowest BCUT2D eigenvalue weighted by Gasteiger charge is -2.26. The number of nitrogens with zero attached hydrogens (tertiary/aromatic N) is 4. The second-order valence-electron chi connectivity index (χ2n) is 7.16. The van der Waals surface area contributed by atoms with Crippen LogP contribution < -0.4 is 0 Å². The molecule has 0 bridgehead atoms. The summed E-state index contributed by atoms with van der Waals surface area (Å²) in [6.07, 6.45) is 5.02. The number of amides is 1. The van der Waals surface area contributed by atoms with Crippen molar-refractivity contribution in [3.05, 3.63) is 52.8 Å². The molecule has 4 heterocycles. The summed E-state index contributed by atoms with van der Waals surface area (Å²) in [5.41, 5.74) is 1.03. The fourth-order valence-electron chi connectivity index (χ4n) is 3.54. The van der Waals surface area contributed by atoms with E-state index >= 15 is 0 Å². The van der Waals surface area contributed by atoms with E-state index in [0.717, 1.165) is 36.7 Å². The molecule has 1 aromatic carbocycles. The number of likely N-dealkylation sites (tertiary alicyclic amines) is 1. The molecular formula is C21H18ClN5O2S. The molecule has 1 amide bonds. The van der Waals surface area contributed by atoms with Crippen LogP contribution in [0.25, 0.3) is 17.4 Å². The third kappa shape index (κ3) is 3.57. The summed E-state index contributed by atoms with van der Waals surface area (Å²) in [5, 5.41) is 16.4. The van der Waals surface area contributed by atoms with E-state index < -0.39 is 5.91 Å². The molecule has 1 aromatic heterocycles. The van der Waals surface area contributed by atoms with E-state index in [2.05, 4.69) is 15.0 Å². The Morgan fingerprint density at radius 1 is 1.07 bits per heavy atom. The Morgan fingerprint density at radius 3 is 2.60 bits per heavy atom. The van der Waals surface area contributed by atoms with Gasteiger partial charge in [0.25, 0.3) is 5.91 Å². The van der Waals surface area contributed by atoms with Gasteiger partial charge in [-0.1, -0.05) is 11.6 Å². The van der Waals surface area contributed by atoms with Gasteiger partial charge in [-0.3, -0.25) is 10.2 Å². The smallest absolute Gasteiger partial charge is 0.283 e. The van der Waals surface area contributed by atoms with Crippen molar-refractivity contribution >= 4 is 51.5 Å². The summed E-state index contributed by atoms with van der Waals surface area (Å²) in [6.45, 7) is 1.88. The fourth-order valence-corrected chi connectivity index (χ4v) is 4.61. The minimum Gasteiger partial charge on any atom is -0.457 e. The summed E-state index contributed by atoms with van der Waals surface area (Å²) in [4.78, 5) is 18.9. The van der Waals surface area contributed by atoms with Crippen molar-refractivity contribution in [3.63, 3.8) is 0 Å². The van der Waals surface area contributed by atoms with E-state index in [1.54, 1.807) is 24.3 Å². The molecule has 0 aliphatic carbocycles. The molecule has 152 valence electrons. The average Bonchev–Trinajstić information content (AvgIpc) is 3.40. The summed E-state index contributed by atoms with van der Waals surface area (Å²) >= 11 is 7.28. The molecule has 0 spiro atoms. The quantitative estimate of drug-likeness (QED) is 0.687. The molecule has 0 atom stereocenters. The highest BCUT2D eigenvalue weighted by Gasteiger charge is 2.37. The van der Waals surface area contributed by atoms with E-state index in [-0.39, 0.29) is 11.4 Å². The molecule has 1 N–H and O–H groups in total. The number of benzene rings is 1. The minimum atomic E-state index is -0.460. The van der Waals surface area contributed by atoms with Gasteiger partial charge in [0.05, 0.1) is 5.57 Å². The maximum absolute atomic E-state index is 12.6. The largest absolute Gasteiger partial charge is 0.457 e. The van der Waals surface area contributed by atoms with Crippen molar-refractivity contribution in [2.45, 2.75) is 19.3 Å². The van der Waals surface area contributed by atoms with Crippen LogP contribution in [0.15, 0.2) is 56.5 Å². The van der Waals surface area contributed by atoms with Crippen LogP contribution in [0.5, 0.6) is 0 Å². The van der Waals surface area contributed by atoms with Crippen molar-refractivity contribution in [1.82, 2.24) is 9.91 Å². The normalized spacial score (nSPS) is 20.5. The summed E-state index contributed by atoms with van der Waals surface area (Å²) < 4.78 is 5.85. The topological polar surface area (TPSA) is 85.3 Å². The number of hydrogen-bond donors (Lipinski definition) is 1. The number of halogens is 1. The van der Waals surface area contributed by atoms with Crippen LogP contribution in [0.4, 0.5) is 0 Å². The number of thioether (sulfide) groups is 1. The lowest BCUT2D eigenvalue weighted by Crippen LogP contribution is -2.35. The van der Waals surface area contributed by atoms with Gasteiger partial charge in [-0.15, -0.1) is 5.10 Å². The number of piperidine rings is 1. The van der Waals surface area contributed by atoms with Crippen LogP contribution in [-0.2, 0) is 4.79 Å². The highest BCUT2D eigenvalue weighted by Crippen LogP contribution is 2.31. The number of hydrogen-bond acceptors (Lipinski definition) is 6. The van der Waals surface area contributed by atoms with Crippen LogP contribution in [0.1, 0.15) is 25.0 Å². The third-order valence-electron chi connectivity index (χ3n) is 5.11. The Balaban J connectivity index is 1.40. The van der Waals surface area contributed by atoms with Crippen LogP contribution >= 0.6 is 23.4 Å². The summed E-state index contributed by atoms with van der Waals surface area (Å²) in [5.74, 6) is 0.672. The number of nitrogens with one attached hydrogen (secondary N) is 1. The van der Waals surface area contributed by atoms with Gasteiger partial charge in [-0.05, 0) is 73.5 Å². The van der Waals surface area contributed by atoms with E-state index in [9.17, 15) is 4.79 Å². The van der Waals surface area contributed by atoms with Gasteiger partial charge in [0.15, 0.2) is 11.0 Å². The molecule has 2 aromatic rings. The Labute approximate surface area is 182 Å². The Kier molecular flexibility index (Phi) is 4.96. The number of rotatable bonds is 2. The van der Waals surface area contributed by atoms with E-state index in [1.165, 1.54) is 23.2 Å². The number of carbonyl (C=O) groups excluding carboxylic acids is 1. The number of fused-ring (bicyclic) bond motifs is 1. The monoisotopic (exact) mass is 439 g/mol. The van der Waals surface area contributed by atoms with E-state index in [4.69, 9.17) is 21.4 Å². The van der Waals surface area contributed by atoms with Gasteiger partial charge in [0.1, 0.15) is 11.5 Å². The number of furan rings is 1. The first-order valence-electron chi connectivity index (χ1n) is 9.69. The minimum absolute atomic E-state index is 0.00829. The zero-order chi connectivity index (χ0) is 20.7. The number of aliphatic imine (C=N–C) groups is 1. The highest BCUT2D eigenvalue weighted by molar-refractivity contribution is 8.26. The average molecular weight is 440 g/mol. The molecule has 9 heteroatoms. The summed E-state index contributed by atoms with van der Waals surface area (Å²) in [7, 11) is 0. The zero-order valence-corrected chi connectivity index (χ0v) is 17.5. The maximum Gasteiger partial charge on any atom is 0.283 e. The first-order valence-corrected chi connectivity index (χ1v) is 10.9. The van der Waals surface area contributed by atoms with Crippen LogP contribution in [0.2, 0.25) is 5.02 Å². The SMILES string of the molecule is N=C1/C(=C/c2ccc(-c3ccc(Cl)cc3)o2)C(=O)N=C2SC(N3CCCCC3)=NN12. The molecule has 3 aliphatic rings. The van der Waals surface area contributed by atoms with Crippen LogP contribution in [0, 0.1) is 5.41 Å². The second-order valence-corrected chi connectivity index (χ2v) is 8.53. The molecule has 3 aliphatic heterocycles. The van der Waals surface area contributed by atoms with Crippen molar-refractivity contribution < 1.29 is 9.21 Å². The van der Waals surface area contributed by atoms with Gasteiger partial charge in [-0.25, -0.2) is 0 Å². The lowest BCUT2D eigenvalue weighted by atomic mass is 10.1. The molecular weight excluding hydrogens is 422 g/mol. The number of amidine groups is 3. The standard InChI is InChI=1S/C21H18ClN5O2S/c22-14-6-4-13(5-7-14)17-9-8-15(29-17)12-16-18(23)27-20(24-19(16)28)30-21(25-27)26-10-2-1-3-11-26/h4-9,12,23H,1-3,10-11H2/b16-12-,23-18?. The molecule has 7 nitrogen and oxygen atoms in total. The molecule has 30 heavy (non-hydrogen) atoms. The van der Waals surface area contributed by atoms with Gasteiger partial charge < -0.3 is 9.32 Å². The van der Waals surface area contributed by atoms with Gasteiger partial charge in [0, 0.05) is 23.7 Å². The first-order chi connectivity index (χ1) is 14.6. The van der Waals surface area contributed by atoms with Crippen molar-refractivity contribution in [1.29, 1.82) is 5.41 Å². The molecule has 1 saturated heterocycles. The molecule has 0 radical (unpaired) electrons. The second kappa shape index (κ2) is 7.77. The Hall–Kier alpha value is -2.84. The van der Waals surface area contributed by atoms with E-state index in [0.29, 0.717) is 21.7 Å². The zero-order valence-electron chi connectivity index (χ0n) is 16.0. The molecule has 1 fully saturated rings. The number of carbonyl (C=O) groups is 1. The van der Waals surface area contributed by atoms with Gasteiger partial charge in [-0.2, -0.15) is 10.0 Å². The lowest BCUT2D eigenvalue weighted by molar-refractivity contribution is -0.114. The first kappa shape index (κ1) is 19.1. The van der Waals surface area contributed by atoms with Gasteiger partial charge >= 0.3 is 0 Å². The maximum atomic E-state index is 12.6. The van der Waals surface area contributed by atoms with Crippen molar-refractivity contribution in [3.8, 4) is 11.3 Å². The van der Waals surface area contributed by atoms with Crippen molar-refractivity contribution in [2.24, 2.45) is 10.1 Å². The Bertz CT molecular complexity index is 1110. The number of hydrazone groups is 1. The summed E-state index contributed by atoms with van der Waals surface area (Å²) in [6, 6.07) is 10.9. The molecule has 0 unspecified atom stereocenters.